The summed E-state index contributed by atoms with van der Waals surface area (Å²) in [5, 5.41) is 15.3. The Labute approximate surface area is 225 Å². The SMILES string of the molecule is Cc1ccc(NC(=O)COc2c(Br)cc(/C=C(\C#N)C(=O)Nc3ccccc3Cl)cc2Br)c(C)c1. The topological polar surface area (TPSA) is 91.2 Å². The van der Waals surface area contributed by atoms with Gasteiger partial charge in [0, 0.05) is 5.69 Å². The van der Waals surface area contributed by atoms with Crippen molar-refractivity contribution in [3.8, 4) is 11.8 Å². The fraction of sp³-hybridized carbons (Fsp3) is 0.115. The van der Waals surface area contributed by atoms with Gasteiger partial charge in [-0.1, -0.05) is 41.4 Å². The highest BCUT2D eigenvalue weighted by atomic mass is 79.9. The van der Waals surface area contributed by atoms with Crippen LogP contribution >= 0.6 is 43.5 Å². The number of para-hydroxylation sites is 1. The molecule has 0 bridgehead atoms. The Morgan fingerprint density at radius 1 is 1.03 bits per heavy atom. The summed E-state index contributed by atoms with van der Waals surface area (Å²) >= 11 is 12.9. The molecule has 0 heterocycles. The third-order valence-corrected chi connectivity index (χ3v) is 6.33. The normalized spacial score (nSPS) is 10.9. The van der Waals surface area contributed by atoms with Gasteiger partial charge < -0.3 is 15.4 Å². The Morgan fingerprint density at radius 2 is 1.71 bits per heavy atom. The van der Waals surface area contributed by atoms with Crippen LogP contribution in [0.25, 0.3) is 6.08 Å². The minimum atomic E-state index is -0.587. The van der Waals surface area contributed by atoms with E-state index in [0.717, 1.165) is 16.8 Å². The molecule has 178 valence electrons. The van der Waals surface area contributed by atoms with Crippen molar-refractivity contribution in [1.29, 1.82) is 5.26 Å². The Balaban J connectivity index is 1.70. The van der Waals surface area contributed by atoms with Gasteiger partial charge in [-0.3, -0.25) is 9.59 Å². The van der Waals surface area contributed by atoms with Gasteiger partial charge in [-0.2, -0.15) is 5.26 Å². The summed E-state index contributed by atoms with van der Waals surface area (Å²) in [6.07, 6.45) is 1.44. The largest absolute Gasteiger partial charge is 0.481 e. The van der Waals surface area contributed by atoms with Gasteiger partial charge in [0.05, 0.1) is 19.7 Å². The van der Waals surface area contributed by atoms with E-state index in [1.807, 2.05) is 38.1 Å². The first kappa shape index (κ1) is 26.5. The number of halogens is 3. The van der Waals surface area contributed by atoms with Crippen molar-refractivity contribution < 1.29 is 14.3 Å². The maximum Gasteiger partial charge on any atom is 0.266 e. The third kappa shape index (κ3) is 7.18. The molecule has 3 aromatic carbocycles. The van der Waals surface area contributed by atoms with Crippen molar-refractivity contribution in [2.45, 2.75) is 13.8 Å². The Hall–Kier alpha value is -3.12. The molecule has 0 saturated heterocycles. The predicted molar refractivity (Wildman–Crippen MR) is 146 cm³/mol. The lowest BCUT2D eigenvalue weighted by Gasteiger charge is -2.13. The van der Waals surface area contributed by atoms with Gasteiger partial charge in [-0.05, 0) is 93.2 Å². The highest BCUT2D eigenvalue weighted by Crippen LogP contribution is 2.35. The molecule has 0 radical (unpaired) electrons. The van der Waals surface area contributed by atoms with E-state index in [4.69, 9.17) is 16.3 Å². The summed E-state index contributed by atoms with van der Waals surface area (Å²) in [6.45, 7) is 3.71. The third-order valence-electron chi connectivity index (χ3n) is 4.82. The number of nitriles is 1. The van der Waals surface area contributed by atoms with E-state index in [2.05, 4.69) is 42.5 Å². The summed E-state index contributed by atoms with van der Waals surface area (Å²) in [5.74, 6) is -0.476. The van der Waals surface area contributed by atoms with E-state index >= 15 is 0 Å². The molecule has 0 saturated carbocycles. The standard InChI is InChI=1S/C26H20Br2ClN3O3/c1-15-7-8-22(16(2)9-15)31-24(33)14-35-25-19(27)11-17(12-20(25)28)10-18(13-30)26(34)32-23-6-4-3-5-21(23)29/h3-12H,14H2,1-2H3,(H,31,33)(H,32,34)/b18-10+. The van der Waals surface area contributed by atoms with Crippen LogP contribution in [-0.2, 0) is 9.59 Å². The number of rotatable bonds is 7. The highest BCUT2D eigenvalue weighted by molar-refractivity contribution is 9.11. The fourth-order valence-corrected chi connectivity index (χ4v) is 4.78. The second kappa shape index (κ2) is 12.0. The maximum atomic E-state index is 12.6. The molecule has 0 aliphatic carbocycles. The molecular weight excluding hydrogens is 598 g/mol. The van der Waals surface area contributed by atoms with Crippen molar-refractivity contribution in [3.05, 3.63) is 90.8 Å². The number of amides is 2. The van der Waals surface area contributed by atoms with Gasteiger partial charge in [0.1, 0.15) is 17.4 Å². The quantitative estimate of drug-likeness (QED) is 0.220. The fourth-order valence-electron chi connectivity index (χ4n) is 3.15. The zero-order valence-electron chi connectivity index (χ0n) is 18.8. The number of nitrogens with zero attached hydrogens (tertiary/aromatic N) is 1. The molecule has 9 heteroatoms. The zero-order valence-corrected chi connectivity index (χ0v) is 22.7. The van der Waals surface area contributed by atoms with Gasteiger partial charge in [-0.15, -0.1) is 0 Å². The van der Waals surface area contributed by atoms with Crippen LogP contribution in [0.1, 0.15) is 16.7 Å². The molecule has 3 rings (SSSR count). The second-order valence-electron chi connectivity index (χ2n) is 7.57. The monoisotopic (exact) mass is 615 g/mol. The minimum Gasteiger partial charge on any atom is -0.481 e. The number of anilines is 2. The summed E-state index contributed by atoms with van der Waals surface area (Å²) in [6, 6.07) is 17.8. The van der Waals surface area contributed by atoms with E-state index in [-0.39, 0.29) is 18.1 Å². The van der Waals surface area contributed by atoms with E-state index in [0.29, 0.717) is 31.0 Å². The van der Waals surface area contributed by atoms with Crippen molar-refractivity contribution in [3.63, 3.8) is 0 Å². The van der Waals surface area contributed by atoms with E-state index < -0.39 is 5.91 Å². The average Bonchev–Trinajstić information content (AvgIpc) is 2.80. The first-order valence-electron chi connectivity index (χ1n) is 10.3. The number of ether oxygens (including phenoxy) is 1. The molecule has 3 aromatic rings. The first-order valence-corrected chi connectivity index (χ1v) is 12.3. The Kier molecular flexibility index (Phi) is 9.10. The summed E-state index contributed by atoms with van der Waals surface area (Å²) < 4.78 is 6.79. The van der Waals surface area contributed by atoms with Crippen molar-refractivity contribution in [1.82, 2.24) is 0 Å². The van der Waals surface area contributed by atoms with Crippen LogP contribution in [0.15, 0.2) is 69.1 Å². The molecule has 0 aromatic heterocycles. The molecule has 2 N–H and O–H groups in total. The van der Waals surface area contributed by atoms with Crippen LogP contribution in [0.2, 0.25) is 5.02 Å². The molecule has 6 nitrogen and oxygen atoms in total. The molecule has 0 unspecified atom stereocenters. The van der Waals surface area contributed by atoms with Crippen LogP contribution < -0.4 is 15.4 Å². The Bertz CT molecular complexity index is 1340. The van der Waals surface area contributed by atoms with Crippen molar-refractivity contribution >= 4 is 72.7 Å². The lowest BCUT2D eigenvalue weighted by atomic mass is 10.1. The first-order chi connectivity index (χ1) is 16.7. The number of carbonyl (C=O) groups is 2. The molecule has 0 aliphatic rings. The number of hydrogen-bond acceptors (Lipinski definition) is 4. The predicted octanol–water partition coefficient (Wildman–Crippen LogP) is 7.05. The van der Waals surface area contributed by atoms with Crippen LogP contribution in [0.3, 0.4) is 0 Å². The number of nitrogens with one attached hydrogen (secondary N) is 2. The van der Waals surface area contributed by atoms with Crippen LogP contribution in [-0.4, -0.2) is 18.4 Å². The van der Waals surface area contributed by atoms with Crippen molar-refractivity contribution in [2.24, 2.45) is 0 Å². The van der Waals surface area contributed by atoms with Gasteiger partial charge >= 0.3 is 0 Å². The van der Waals surface area contributed by atoms with E-state index in [9.17, 15) is 14.9 Å². The highest BCUT2D eigenvalue weighted by Gasteiger charge is 2.15. The van der Waals surface area contributed by atoms with Gasteiger partial charge in [0.25, 0.3) is 11.8 Å². The van der Waals surface area contributed by atoms with Crippen LogP contribution in [0.5, 0.6) is 5.75 Å². The molecule has 0 spiro atoms. The van der Waals surface area contributed by atoms with Gasteiger partial charge in [-0.25, -0.2) is 0 Å². The smallest absolute Gasteiger partial charge is 0.266 e. The van der Waals surface area contributed by atoms with E-state index in [1.54, 1.807) is 36.4 Å². The summed E-state index contributed by atoms with van der Waals surface area (Å²) in [5.41, 5.74) is 3.67. The molecule has 2 amide bonds. The molecular formula is C26H20Br2ClN3O3. The molecule has 0 fully saturated rings. The van der Waals surface area contributed by atoms with Crippen molar-refractivity contribution in [2.75, 3.05) is 17.2 Å². The van der Waals surface area contributed by atoms with E-state index in [1.165, 1.54) is 6.08 Å². The van der Waals surface area contributed by atoms with Crippen LogP contribution in [0.4, 0.5) is 11.4 Å². The molecule has 0 atom stereocenters. The lowest BCUT2D eigenvalue weighted by Crippen LogP contribution is -2.21. The summed E-state index contributed by atoms with van der Waals surface area (Å²) in [4.78, 5) is 24.9. The number of aryl methyl sites for hydroxylation is 2. The lowest BCUT2D eigenvalue weighted by molar-refractivity contribution is -0.118. The van der Waals surface area contributed by atoms with Gasteiger partial charge in [0.15, 0.2) is 6.61 Å². The average molecular weight is 618 g/mol. The summed E-state index contributed by atoms with van der Waals surface area (Å²) in [7, 11) is 0. The number of hydrogen-bond donors (Lipinski definition) is 2. The van der Waals surface area contributed by atoms with Gasteiger partial charge in [0.2, 0.25) is 0 Å². The Morgan fingerprint density at radius 3 is 2.34 bits per heavy atom. The number of carbonyl (C=O) groups excluding carboxylic acids is 2. The molecule has 0 aliphatic heterocycles. The zero-order chi connectivity index (χ0) is 25.5. The number of benzene rings is 3. The minimum absolute atomic E-state index is 0.106. The maximum absolute atomic E-state index is 12.6. The second-order valence-corrected chi connectivity index (χ2v) is 9.69. The molecule has 35 heavy (non-hydrogen) atoms. The van der Waals surface area contributed by atoms with Crippen LogP contribution in [0, 0.1) is 25.2 Å².